The first kappa shape index (κ1) is 23.3. The van der Waals surface area contributed by atoms with Crippen LogP contribution < -0.4 is 16.0 Å². The van der Waals surface area contributed by atoms with Crippen molar-refractivity contribution in [3.8, 4) is 17.3 Å². The van der Waals surface area contributed by atoms with Crippen molar-refractivity contribution >= 4 is 11.8 Å². The van der Waals surface area contributed by atoms with Crippen molar-refractivity contribution in [2.75, 3.05) is 30.9 Å². The van der Waals surface area contributed by atoms with Gasteiger partial charge in [0.25, 0.3) is 0 Å². The van der Waals surface area contributed by atoms with Gasteiger partial charge >= 0.3 is 0 Å². The third-order valence-electron chi connectivity index (χ3n) is 6.48. The van der Waals surface area contributed by atoms with Gasteiger partial charge < -0.3 is 20.7 Å². The molecule has 2 aliphatic carbocycles. The van der Waals surface area contributed by atoms with Gasteiger partial charge in [-0.1, -0.05) is 0 Å². The maximum Gasteiger partial charge on any atom is 0.223 e. The van der Waals surface area contributed by atoms with Gasteiger partial charge in [0, 0.05) is 43.5 Å². The summed E-state index contributed by atoms with van der Waals surface area (Å²) in [5.41, 5.74) is 0.551. The van der Waals surface area contributed by atoms with E-state index in [1.807, 2.05) is 0 Å². The smallest absolute Gasteiger partial charge is 0.223 e. The van der Waals surface area contributed by atoms with Crippen molar-refractivity contribution in [2.45, 2.75) is 63.6 Å². The quantitative estimate of drug-likeness (QED) is 0.499. The molecule has 3 N–H and O–H groups in total. The van der Waals surface area contributed by atoms with Gasteiger partial charge in [-0.3, -0.25) is 0 Å². The van der Waals surface area contributed by atoms with Gasteiger partial charge in [0.1, 0.15) is 5.82 Å². The molecule has 0 aromatic carbocycles. The molecule has 2 heterocycles. The number of methoxy groups -OCH3 is 1. The lowest BCUT2D eigenvalue weighted by atomic mass is 9.90. The molecule has 0 saturated heterocycles. The molecular formula is C24H32FN7O. The zero-order chi connectivity index (χ0) is 23.3. The Hall–Kier alpha value is -2.83. The number of anilines is 2. The maximum absolute atomic E-state index is 14.6. The first-order chi connectivity index (χ1) is 16.0. The lowest BCUT2D eigenvalue weighted by Gasteiger charge is -2.31. The average Bonchev–Trinajstić information content (AvgIpc) is 3.61. The minimum atomic E-state index is -0.430. The maximum atomic E-state index is 14.6. The Bertz CT molecular complexity index is 983. The summed E-state index contributed by atoms with van der Waals surface area (Å²) in [6.07, 6.45) is 8.80. The third-order valence-corrected chi connectivity index (χ3v) is 6.48. The highest BCUT2D eigenvalue weighted by atomic mass is 19.1. The van der Waals surface area contributed by atoms with Crippen LogP contribution in [0, 0.1) is 22.6 Å². The largest absolute Gasteiger partial charge is 0.383 e. The Morgan fingerprint density at radius 2 is 2.00 bits per heavy atom. The molecule has 1 unspecified atom stereocenters. The first-order valence-electron chi connectivity index (χ1n) is 11.7. The van der Waals surface area contributed by atoms with Crippen LogP contribution in [0.25, 0.3) is 11.3 Å². The highest BCUT2D eigenvalue weighted by molar-refractivity contribution is 5.64. The molecule has 4 rings (SSSR count). The van der Waals surface area contributed by atoms with Crippen LogP contribution in [-0.4, -0.2) is 53.3 Å². The topological polar surface area (TPSA) is 108 Å². The Kier molecular flexibility index (Phi) is 7.36. The van der Waals surface area contributed by atoms with Crippen molar-refractivity contribution in [3.05, 3.63) is 30.3 Å². The summed E-state index contributed by atoms with van der Waals surface area (Å²) in [6.45, 7) is 3.35. The zero-order valence-corrected chi connectivity index (χ0v) is 19.3. The number of aromatic nitrogens is 3. The average molecular weight is 454 g/mol. The van der Waals surface area contributed by atoms with Crippen LogP contribution in [0.5, 0.6) is 0 Å². The highest BCUT2D eigenvalue weighted by Crippen LogP contribution is 2.44. The molecule has 2 aliphatic rings. The molecule has 0 amide bonds. The number of pyridine rings is 1. The molecule has 1 atom stereocenters. The number of nitrogens with one attached hydrogen (secondary N) is 3. The standard InChI is InChI=1S/C24H32FN7O/c1-16(13-33-2)30-17-3-5-18(6-4-17)31-22-11-19(20(25)12-28-22)21-7-10-27-23(32-21)29-15-24(14-26)8-9-24/h7,10-12,16-18,30H,3-6,8-9,13,15H2,1-2H3,(H,28,31)(H,27,29,32). The molecule has 0 bridgehead atoms. The summed E-state index contributed by atoms with van der Waals surface area (Å²) in [7, 11) is 1.72. The molecule has 0 radical (unpaired) electrons. The van der Waals surface area contributed by atoms with Gasteiger partial charge in [-0.05, 0) is 57.6 Å². The summed E-state index contributed by atoms with van der Waals surface area (Å²) in [4.78, 5) is 12.9. The summed E-state index contributed by atoms with van der Waals surface area (Å²) < 4.78 is 19.8. The Morgan fingerprint density at radius 1 is 1.24 bits per heavy atom. The molecule has 2 aromatic heterocycles. The van der Waals surface area contributed by atoms with Gasteiger partial charge in [-0.15, -0.1) is 0 Å². The minimum Gasteiger partial charge on any atom is -0.383 e. The SMILES string of the molecule is COCC(C)NC1CCC(Nc2cc(-c3ccnc(NCC4(C#N)CC4)n3)c(F)cn2)CC1. The van der Waals surface area contributed by atoms with Crippen LogP contribution >= 0.6 is 0 Å². The van der Waals surface area contributed by atoms with Gasteiger partial charge in [-0.25, -0.2) is 19.3 Å². The molecule has 33 heavy (non-hydrogen) atoms. The molecule has 0 spiro atoms. The van der Waals surface area contributed by atoms with Crippen LogP contribution in [0.2, 0.25) is 0 Å². The summed E-state index contributed by atoms with van der Waals surface area (Å²) in [5, 5.41) is 19.4. The lowest BCUT2D eigenvalue weighted by molar-refractivity contribution is 0.161. The number of nitriles is 1. The van der Waals surface area contributed by atoms with Crippen LogP contribution in [-0.2, 0) is 4.74 Å². The van der Waals surface area contributed by atoms with Crippen molar-refractivity contribution in [1.82, 2.24) is 20.3 Å². The zero-order valence-electron chi connectivity index (χ0n) is 19.3. The molecule has 176 valence electrons. The third kappa shape index (κ3) is 6.15. The number of hydrogen-bond acceptors (Lipinski definition) is 8. The molecule has 2 aromatic rings. The fraction of sp³-hybridized carbons (Fsp3) is 0.583. The molecule has 9 heteroatoms. The Balaban J connectivity index is 1.37. The van der Waals surface area contributed by atoms with E-state index in [-0.39, 0.29) is 5.41 Å². The fourth-order valence-corrected chi connectivity index (χ4v) is 4.35. The second kappa shape index (κ2) is 10.4. The van der Waals surface area contributed by atoms with Crippen LogP contribution in [0.15, 0.2) is 24.5 Å². The summed E-state index contributed by atoms with van der Waals surface area (Å²) in [6, 6.07) is 6.87. The number of nitrogens with zero attached hydrogens (tertiary/aromatic N) is 4. The van der Waals surface area contributed by atoms with Gasteiger partial charge in [0.05, 0.1) is 30.0 Å². The van der Waals surface area contributed by atoms with Crippen molar-refractivity contribution < 1.29 is 9.13 Å². The van der Waals surface area contributed by atoms with E-state index in [4.69, 9.17) is 4.74 Å². The van der Waals surface area contributed by atoms with Crippen LogP contribution in [0.4, 0.5) is 16.2 Å². The number of hydrogen-bond donors (Lipinski definition) is 3. The van der Waals surface area contributed by atoms with Gasteiger partial charge in [-0.2, -0.15) is 5.26 Å². The summed E-state index contributed by atoms with van der Waals surface area (Å²) >= 11 is 0. The second-order valence-corrected chi connectivity index (χ2v) is 9.28. The number of halogens is 1. The van der Waals surface area contributed by atoms with E-state index in [2.05, 4.69) is 43.9 Å². The van der Waals surface area contributed by atoms with Crippen molar-refractivity contribution in [3.63, 3.8) is 0 Å². The van der Waals surface area contributed by atoms with E-state index in [1.165, 1.54) is 6.20 Å². The Labute approximate surface area is 194 Å². The van der Waals surface area contributed by atoms with E-state index in [9.17, 15) is 9.65 Å². The fourth-order valence-electron chi connectivity index (χ4n) is 4.35. The molecule has 2 fully saturated rings. The lowest BCUT2D eigenvalue weighted by Crippen LogP contribution is -2.42. The molecule has 8 nitrogen and oxygen atoms in total. The van der Waals surface area contributed by atoms with Gasteiger partial charge in [0.15, 0.2) is 5.82 Å². The first-order valence-corrected chi connectivity index (χ1v) is 11.7. The van der Waals surface area contributed by atoms with E-state index < -0.39 is 5.82 Å². The minimum absolute atomic E-state index is 0.301. The number of ether oxygens (including phenoxy) is 1. The van der Waals surface area contributed by atoms with E-state index in [0.29, 0.717) is 54.3 Å². The monoisotopic (exact) mass is 453 g/mol. The summed E-state index contributed by atoms with van der Waals surface area (Å²) in [5.74, 6) is 0.610. The van der Waals surface area contributed by atoms with Gasteiger partial charge in [0.2, 0.25) is 5.95 Å². The van der Waals surface area contributed by atoms with E-state index in [0.717, 1.165) is 38.5 Å². The predicted octanol–water partition coefficient (Wildman–Crippen LogP) is 3.74. The Morgan fingerprint density at radius 3 is 2.70 bits per heavy atom. The van der Waals surface area contributed by atoms with Crippen molar-refractivity contribution in [2.24, 2.45) is 5.41 Å². The second-order valence-electron chi connectivity index (χ2n) is 9.28. The van der Waals surface area contributed by atoms with E-state index >= 15 is 0 Å². The molecular weight excluding hydrogens is 421 g/mol. The van der Waals surface area contributed by atoms with Crippen LogP contribution in [0.3, 0.4) is 0 Å². The highest BCUT2D eigenvalue weighted by Gasteiger charge is 2.43. The van der Waals surface area contributed by atoms with Crippen molar-refractivity contribution in [1.29, 1.82) is 5.26 Å². The molecule has 0 aliphatic heterocycles. The predicted molar refractivity (Wildman–Crippen MR) is 125 cm³/mol. The number of rotatable bonds is 10. The van der Waals surface area contributed by atoms with E-state index in [1.54, 1.807) is 25.4 Å². The molecule has 2 saturated carbocycles. The van der Waals surface area contributed by atoms with Crippen LogP contribution in [0.1, 0.15) is 45.4 Å². The normalized spacial score (nSPS) is 22.2.